The van der Waals surface area contributed by atoms with Gasteiger partial charge in [0.15, 0.2) is 0 Å². The number of rotatable bonds is 2. The third-order valence-corrected chi connectivity index (χ3v) is 4.29. The highest BCUT2D eigenvalue weighted by atomic mass is 35.5. The molecule has 1 saturated heterocycles. The van der Waals surface area contributed by atoms with E-state index in [1.165, 1.54) is 0 Å². The number of likely N-dealkylation sites (tertiary alicyclic amines) is 1. The summed E-state index contributed by atoms with van der Waals surface area (Å²) in [7, 11) is 0. The molecule has 0 aliphatic carbocycles. The average molecular weight is 297 g/mol. The van der Waals surface area contributed by atoms with Crippen molar-refractivity contribution in [3.8, 4) is 0 Å². The summed E-state index contributed by atoms with van der Waals surface area (Å²) in [6.45, 7) is 7.80. The quantitative estimate of drug-likeness (QED) is 0.912. The van der Waals surface area contributed by atoms with Crippen molar-refractivity contribution < 1.29 is 4.79 Å². The Morgan fingerprint density at radius 1 is 1.35 bits per heavy atom. The van der Waals surface area contributed by atoms with E-state index in [1.807, 2.05) is 42.2 Å². The van der Waals surface area contributed by atoms with Crippen LogP contribution in [0.2, 0.25) is 0 Å². The van der Waals surface area contributed by atoms with Crippen LogP contribution in [0.1, 0.15) is 38.7 Å². The van der Waals surface area contributed by atoms with Crippen molar-refractivity contribution in [3.05, 3.63) is 35.9 Å². The van der Waals surface area contributed by atoms with Gasteiger partial charge in [-0.3, -0.25) is 4.79 Å². The first-order chi connectivity index (χ1) is 8.92. The molecule has 1 aliphatic heterocycles. The number of nitrogens with zero attached hydrogens (tertiary/aromatic N) is 1. The number of hydrogen-bond donors (Lipinski definition) is 1. The highest BCUT2D eigenvalue weighted by Crippen LogP contribution is 2.29. The molecule has 1 aromatic carbocycles. The molecule has 20 heavy (non-hydrogen) atoms. The van der Waals surface area contributed by atoms with E-state index in [0.29, 0.717) is 0 Å². The van der Waals surface area contributed by atoms with Crippen LogP contribution in [0.4, 0.5) is 0 Å². The molecule has 0 spiro atoms. The highest BCUT2D eigenvalue weighted by Gasteiger charge is 2.36. The number of piperidine rings is 1. The second-order valence-electron chi connectivity index (χ2n) is 6.28. The summed E-state index contributed by atoms with van der Waals surface area (Å²) in [5.41, 5.74) is 7.21. The van der Waals surface area contributed by atoms with Crippen LogP contribution in [0.5, 0.6) is 0 Å². The number of carbonyl (C=O) groups is 1. The van der Waals surface area contributed by atoms with Gasteiger partial charge >= 0.3 is 0 Å². The van der Waals surface area contributed by atoms with Crippen molar-refractivity contribution in [2.45, 2.75) is 39.2 Å². The zero-order valence-electron chi connectivity index (χ0n) is 12.5. The molecule has 2 N–H and O–H groups in total. The van der Waals surface area contributed by atoms with Gasteiger partial charge in [-0.25, -0.2) is 0 Å². The summed E-state index contributed by atoms with van der Waals surface area (Å²) in [5.74, 6) is 0.137. The van der Waals surface area contributed by atoms with E-state index in [4.69, 9.17) is 5.73 Å². The van der Waals surface area contributed by atoms with E-state index >= 15 is 0 Å². The zero-order chi connectivity index (χ0) is 14.0. The van der Waals surface area contributed by atoms with Gasteiger partial charge in [0.2, 0.25) is 5.91 Å². The van der Waals surface area contributed by atoms with Gasteiger partial charge in [0.05, 0.1) is 5.92 Å². The van der Waals surface area contributed by atoms with Gasteiger partial charge in [0, 0.05) is 19.1 Å². The molecule has 0 aromatic heterocycles. The van der Waals surface area contributed by atoms with Crippen molar-refractivity contribution in [3.63, 3.8) is 0 Å². The number of benzene rings is 1. The second kappa shape index (κ2) is 6.59. The highest BCUT2D eigenvalue weighted by molar-refractivity contribution is 5.85. The molecular formula is C16H25ClN2O. The number of nitrogens with two attached hydrogens (primary N) is 1. The Hall–Kier alpha value is -1.06. The normalized spacial score (nSPS) is 22.8. The Bertz CT molecular complexity index is 447. The molecule has 0 bridgehead atoms. The van der Waals surface area contributed by atoms with Gasteiger partial charge in [-0.1, -0.05) is 44.2 Å². The Balaban J connectivity index is 0.00000200. The van der Waals surface area contributed by atoms with Crippen LogP contribution in [0, 0.1) is 5.41 Å². The smallest absolute Gasteiger partial charge is 0.229 e. The number of halogens is 1. The van der Waals surface area contributed by atoms with Crippen LogP contribution in [0.3, 0.4) is 0 Å². The fourth-order valence-corrected chi connectivity index (χ4v) is 2.72. The topological polar surface area (TPSA) is 46.3 Å². The summed E-state index contributed by atoms with van der Waals surface area (Å²) in [4.78, 5) is 14.6. The number of amides is 1. The minimum atomic E-state index is -0.0775. The SMILES string of the molecule is CC(C(=O)N1CCC(N)C(C)(C)C1)c1ccccc1.Cl. The molecule has 2 atom stereocenters. The maximum Gasteiger partial charge on any atom is 0.229 e. The molecular weight excluding hydrogens is 272 g/mol. The molecule has 2 rings (SSSR count). The summed E-state index contributed by atoms with van der Waals surface area (Å²) >= 11 is 0. The molecule has 2 unspecified atom stereocenters. The first-order valence-electron chi connectivity index (χ1n) is 7.01. The Morgan fingerprint density at radius 2 is 1.95 bits per heavy atom. The lowest BCUT2D eigenvalue weighted by Crippen LogP contribution is -2.54. The zero-order valence-corrected chi connectivity index (χ0v) is 13.3. The van der Waals surface area contributed by atoms with E-state index in [2.05, 4.69) is 13.8 Å². The monoisotopic (exact) mass is 296 g/mol. The summed E-state index contributed by atoms with van der Waals surface area (Å²) in [5, 5.41) is 0. The molecule has 3 nitrogen and oxygen atoms in total. The van der Waals surface area contributed by atoms with Crippen LogP contribution < -0.4 is 5.73 Å². The van der Waals surface area contributed by atoms with Crippen LogP contribution in [0.25, 0.3) is 0 Å². The fraction of sp³-hybridized carbons (Fsp3) is 0.562. The fourth-order valence-electron chi connectivity index (χ4n) is 2.72. The number of carbonyl (C=O) groups excluding carboxylic acids is 1. The van der Waals surface area contributed by atoms with Gasteiger partial charge in [-0.2, -0.15) is 0 Å². The van der Waals surface area contributed by atoms with Gasteiger partial charge in [-0.05, 0) is 24.3 Å². The largest absolute Gasteiger partial charge is 0.342 e. The molecule has 0 saturated carbocycles. The standard InChI is InChI=1S/C16H24N2O.ClH/c1-12(13-7-5-4-6-8-13)15(19)18-10-9-14(17)16(2,3)11-18;/h4-8,12,14H,9-11,17H2,1-3H3;1H. The van der Waals surface area contributed by atoms with Crippen LogP contribution in [-0.4, -0.2) is 29.9 Å². The summed E-state index contributed by atoms with van der Waals surface area (Å²) in [6, 6.07) is 10.2. The Labute approximate surface area is 127 Å². The van der Waals surface area contributed by atoms with Crippen molar-refractivity contribution >= 4 is 18.3 Å². The molecule has 112 valence electrons. The summed E-state index contributed by atoms with van der Waals surface area (Å²) < 4.78 is 0. The molecule has 0 radical (unpaired) electrons. The Morgan fingerprint density at radius 3 is 2.50 bits per heavy atom. The van der Waals surface area contributed by atoms with Gasteiger partial charge in [0.25, 0.3) is 0 Å². The average Bonchev–Trinajstić information content (AvgIpc) is 2.41. The van der Waals surface area contributed by atoms with Gasteiger partial charge in [-0.15, -0.1) is 12.4 Å². The maximum absolute atomic E-state index is 12.6. The number of hydrogen-bond acceptors (Lipinski definition) is 2. The van der Waals surface area contributed by atoms with Crippen LogP contribution in [-0.2, 0) is 4.79 Å². The lowest BCUT2D eigenvalue weighted by atomic mass is 9.79. The van der Waals surface area contributed by atoms with Crippen molar-refractivity contribution in [1.82, 2.24) is 4.90 Å². The Kier molecular flexibility index (Phi) is 5.60. The molecule has 4 heteroatoms. The maximum atomic E-state index is 12.6. The second-order valence-corrected chi connectivity index (χ2v) is 6.28. The van der Waals surface area contributed by atoms with Gasteiger partial charge in [0.1, 0.15) is 0 Å². The molecule has 1 aromatic rings. The predicted molar refractivity (Wildman–Crippen MR) is 85.1 cm³/mol. The third kappa shape index (κ3) is 3.53. The van der Waals surface area contributed by atoms with Crippen molar-refractivity contribution in [2.24, 2.45) is 11.1 Å². The van der Waals surface area contributed by atoms with Crippen molar-refractivity contribution in [1.29, 1.82) is 0 Å². The van der Waals surface area contributed by atoms with E-state index in [1.54, 1.807) is 0 Å². The molecule has 1 fully saturated rings. The van der Waals surface area contributed by atoms with Crippen molar-refractivity contribution in [2.75, 3.05) is 13.1 Å². The molecule has 1 amide bonds. The lowest BCUT2D eigenvalue weighted by molar-refractivity contribution is -0.135. The summed E-state index contributed by atoms with van der Waals surface area (Å²) in [6.07, 6.45) is 0.889. The van der Waals surface area contributed by atoms with Gasteiger partial charge < -0.3 is 10.6 Å². The van der Waals surface area contributed by atoms with E-state index < -0.39 is 0 Å². The molecule has 1 aliphatic rings. The first kappa shape index (κ1) is 17.0. The van der Waals surface area contributed by atoms with Crippen LogP contribution >= 0.6 is 12.4 Å². The van der Waals surface area contributed by atoms with E-state index in [9.17, 15) is 4.79 Å². The minimum absolute atomic E-state index is 0. The van der Waals surface area contributed by atoms with Crippen LogP contribution in [0.15, 0.2) is 30.3 Å². The lowest BCUT2D eigenvalue weighted by Gasteiger charge is -2.43. The minimum Gasteiger partial charge on any atom is -0.342 e. The predicted octanol–water partition coefficient (Wildman–Crippen LogP) is 2.80. The molecule has 1 heterocycles. The third-order valence-electron chi connectivity index (χ3n) is 4.29. The van der Waals surface area contributed by atoms with E-state index in [0.717, 1.165) is 25.1 Å². The first-order valence-corrected chi connectivity index (χ1v) is 7.01. The van der Waals surface area contributed by atoms with E-state index in [-0.39, 0.29) is 35.7 Å².